The number of fused-ring (bicyclic) bond motifs is 1. The van der Waals surface area contributed by atoms with Crippen LogP contribution >= 0.6 is 31.9 Å². The summed E-state index contributed by atoms with van der Waals surface area (Å²) in [5, 5.41) is 11.2. The Morgan fingerprint density at radius 1 is 1.00 bits per heavy atom. The molecule has 0 aromatic rings. The standard InChI is InChI=1S/C20H32Br2O/c1-13-6-7-15(21)17(2,3)20(13)11-10-18(4)14(12-20)19(5,23)9-8-16(18)22/h14-16,23H,1,6-12H2,2-5H3/t14?,15-,16?,18?,19?,20?/m1/s1. The zero-order valence-electron chi connectivity index (χ0n) is 15.1. The van der Waals surface area contributed by atoms with E-state index in [-0.39, 0.29) is 16.2 Å². The largest absolute Gasteiger partial charge is 0.390 e. The lowest BCUT2D eigenvalue weighted by molar-refractivity contribution is -0.150. The minimum absolute atomic E-state index is 0.164. The van der Waals surface area contributed by atoms with Gasteiger partial charge in [-0.25, -0.2) is 0 Å². The third kappa shape index (κ3) is 2.46. The van der Waals surface area contributed by atoms with Gasteiger partial charge in [-0.15, -0.1) is 0 Å². The van der Waals surface area contributed by atoms with Crippen molar-refractivity contribution in [2.75, 3.05) is 0 Å². The van der Waals surface area contributed by atoms with Crippen molar-refractivity contribution in [2.24, 2.45) is 22.2 Å². The molecule has 3 saturated carbocycles. The Balaban J connectivity index is 2.04. The molecule has 0 radical (unpaired) electrons. The highest BCUT2D eigenvalue weighted by atomic mass is 79.9. The van der Waals surface area contributed by atoms with Crippen LogP contribution in [0.25, 0.3) is 0 Å². The molecule has 5 unspecified atom stereocenters. The van der Waals surface area contributed by atoms with E-state index in [4.69, 9.17) is 0 Å². The monoisotopic (exact) mass is 446 g/mol. The molecule has 0 aliphatic heterocycles. The molecule has 0 amide bonds. The Labute approximate surface area is 158 Å². The summed E-state index contributed by atoms with van der Waals surface area (Å²) >= 11 is 7.94. The molecule has 3 rings (SSSR count). The van der Waals surface area contributed by atoms with Gasteiger partial charge in [0.15, 0.2) is 0 Å². The van der Waals surface area contributed by atoms with Gasteiger partial charge in [-0.3, -0.25) is 0 Å². The molecule has 0 heterocycles. The molecule has 3 heteroatoms. The highest BCUT2D eigenvalue weighted by molar-refractivity contribution is 9.09. The molecule has 0 aromatic carbocycles. The van der Waals surface area contributed by atoms with Crippen molar-refractivity contribution in [2.45, 2.75) is 87.9 Å². The number of halogens is 2. The SMILES string of the molecule is C=C1CC[C@@H](Br)C(C)(C)C12CCC1(C)C(Br)CCC(C)(O)C1C2. The average Bonchev–Trinajstić information content (AvgIpc) is 2.47. The van der Waals surface area contributed by atoms with Crippen molar-refractivity contribution < 1.29 is 5.11 Å². The summed E-state index contributed by atoms with van der Waals surface area (Å²) in [7, 11) is 0. The summed E-state index contributed by atoms with van der Waals surface area (Å²) in [6, 6.07) is 0. The summed E-state index contributed by atoms with van der Waals surface area (Å²) in [6.45, 7) is 13.9. The van der Waals surface area contributed by atoms with E-state index in [1.807, 2.05) is 0 Å². The van der Waals surface area contributed by atoms with E-state index >= 15 is 0 Å². The molecule has 0 bridgehead atoms. The first-order valence-corrected chi connectivity index (χ1v) is 11.0. The van der Waals surface area contributed by atoms with E-state index in [0.29, 0.717) is 15.6 Å². The molecule has 3 aliphatic rings. The van der Waals surface area contributed by atoms with Gasteiger partial charge in [0.1, 0.15) is 0 Å². The third-order valence-electron chi connectivity index (χ3n) is 8.20. The van der Waals surface area contributed by atoms with E-state index in [1.54, 1.807) is 0 Å². The van der Waals surface area contributed by atoms with Gasteiger partial charge < -0.3 is 5.11 Å². The maximum Gasteiger partial charge on any atom is 0.0654 e. The first kappa shape index (κ1) is 18.5. The fraction of sp³-hybridized carbons (Fsp3) is 0.900. The molecule has 1 N–H and O–H groups in total. The van der Waals surface area contributed by atoms with Crippen LogP contribution in [0.5, 0.6) is 0 Å². The molecule has 1 spiro atoms. The van der Waals surface area contributed by atoms with Crippen LogP contribution < -0.4 is 0 Å². The Kier molecular flexibility index (Phi) is 4.47. The smallest absolute Gasteiger partial charge is 0.0654 e. The maximum absolute atomic E-state index is 11.2. The van der Waals surface area contributed by atoms with E-state index in [0.717, 1.165) is 25.7 Å². The van der Waals surface area contributed by atoms with Gasteiger partial charge in [-0.05, 0) is 74.0 Å². The minimum Gasteiger partial charge on any atom is -0.390 e. The molecular weight excluding hydrogens is 416 g/mol. The van der Waals surface area contributed by atoms with Crippen LogP contribution in [-0.2, 0) is 0 Å². The van der Waals surface area contributed by atoms with Crippen LogP contribution in [0, 0.1) is 22.2 Å². The van der Waals surface area contributed by atoms with Crippen molar-refractivity contribution in [3.8, 4) is 0 Å². The number of aliphatic hydroxyl groups is 1. The topological polar surface area (TPSA) is 20.2 Å². The van der Waals surface area contributed by atoms with Gasteiger partial charge >= 0.3 is 0 Å². The zero-order valence-corrected chi connectivity index (χ0v) is 18.3. The van der Waals surface area contributed by atoms with Crippen LogP contribution in [0.4, 0.5) is 0 Å². The Hall–Kier alpha value is 0.660. The van der Waals surface area contributed by atoms with E-state index < -0.39 is 5.60 Å². The summed E-state index contributed by atoms with van der Waals surface area (Å²) in [5.41, 5.74) is 1.44. The number of alkyl halides is 2. The van der Waals surface area contributed by atoms with Gasteiger partial charge in [0.05, 0.1) is 5.60 Å². The number of rotatable bonds is 0. The number of hydrogen-bond donors (Lipinski definition) is 1. The minimum atomic E-state index is -0.554. The van der Waals surface area contributed by atoms with Crippen molar-refractivity contribution in [1.29, 1.82) is 0 Å². The molecule has 23 heavy (non-hydrogen) atoms. The van der Waals surface area contributed by atoms with Crippen molar-refractivity contribution in [3.05, 3.63) is 12.2 Å². The molecule has 132 valence electrons. The average molecular weight is 448 g/mol. The second kappa shape index (κ2) is 5.58. The fourth-order valence-corrected chi connectivity index (χ4v) is 7.58. The van der Waals surface area contributed by atoms with Crippen LogP contribution in [0.2, 0.25) is 0 Å². The Bertz CT molecular complexity index is 512. The van der Waals surface area contributed by atoms with Crippen LogP contribution in [0.15, 0.2) is 12.2 Å². The predicted octanol–water partition coefficient (Wildman–Crippen LogP) is 6.23. The van der Waals surface area contributed by atoms with Crippen LogP contribution in [0.1, 0.15) is 72.6 Å². The van der Waals surface area contributed by atoms with E-state index in [2.05, 4.69) is 66.1 Å². The summed E-state index contributed by atoms with van der Waals surface area (Å²) in [6.07, 6.45) is 7.79. The second-order valence-corrected chi connectivity index (χ2v) is 11.8. The van der Waals surface area contributed by atoms with Gasteiger partial charge in [-0.1, -0.05) is 64.8 Å². The summed E-state index contributed by atoms with van der Waals surface area (Å²) in [4.78, 5) is 1.07. The van der Waals surface area contributed by atoms with Crippen LogP contribution in [0.3, 0.4) is 0 Å². The van der Waals surface area contributed by atoms with Crippen molar-refractivity contribution >= 4 is 31.9 Å². The molecule has 6 atom stereocenters. The Morgan fingerprint density at radius 2 is 1.65 bits per heavy atom. The summed E-state index contributed by atoms with van der Waals surface area (Å²) < 4.78 is 0. The van der Waals surface area contributed by atoms with Gasteiger partial charge in [0, 0.05) is 9.65 Å². The van der Waals surface area contributed by atoms with Crippen molar-refractivity contribution in [1.82, 2.24) is 0 Å². The maximum atomic E-state index is 11.2. The summed E-state index contributed by atoms with van der Waals surface area (Å²) in [5.74, 6) is 0.343. The quantitative estimate of drug-likeness (QED) is 0.344. The first-order valence-electron chi connectivity index (χ1n) is 9.16. The van der Waals surface area contributed by atoms with Gasteiger partial charge in [-0.2, -0.15) is 0 Å². The van der Waals surface area contributed by atoms with E-state index in [9.17, 15) is 5.11 Å². The normalized spacial score (nSPS) is 53.2. The lowest BCUT2D eigenvalue weighted by atomic mass is 9.42. The van der Waals surface area contributed by atoms with Crippen molar-refractivity contribution in [3.63, 3.8) is 0 Å². The molecule has 0 saturated heterocycles. The predicted molar refractivity (Wildman–Crippen MR) is 105 cm³/mol. The number of hydrogen-bond acceptors (Lipinski definition) is 1. The zero-order chi connectivity index (χ0) is 17.3. The van der Waals surface area contributed by atoms with E-state index in [1.165, 1.54) is 24.8 Å². The molecular formula is C20H32Br2O. The molecule has 0 aromatic heterocycles. The lowest BCUT2D eigenvalue weighted by Crippen LogP contribution is -2.61. The first-order chi connectivity index (χ1) is 10.5. The highest BCUT2D eigenvalue weighted by Gasteiger charge is 2.63. The fourth-order valence-electron chi connectivity index (χ4n) is 6.13. The van der Waals surface area contributed by atoms with Gasteiger partial charge in [0.2, 0.25) is 0 Å². The highest BCUT2D eigenvalue weighted by Crippen LogP contribution is 2.68. The third-order valence-corrected chi connectivity index (χ3v) is 11.3. The Morgan fingerprint density at radius 3 is 2.30 bits per heavy atom. The molecule has 3 fully saturated rings. The van der Waals surface area contributed by atoms with Crippen LogP contribution in [-0.4, -0.2) is 20.4 Å². The van der Waals surface area contributed by atoms with Gasteiger partial charge in [0.25, 0.3) is 0 Å². The number of allylic oxidation sites excluding steroid dienone is 1. The molecule has 1 nitrogen and oxygen atoms in total. The molecule has 3 aliphatic carbocycles. The second-order valence-electron chi connectivity index (χ2n) is 9.54. The lowest BCUT2D eigenvalue weighted by Gasteiger charge is -2.65.